The first-order valence-corrected chi connectivity index (χ1v) is 6.20. The van der Waals surface area contributed by atoms with Crippen LogP contribution in [0.2, 0.25) is 0 Å². The second kappa shape index (κ2) is 5.21. The second-order valence-corrected chi connectivity index (χ2v) is 4.65. The Hall–Kier alpha value is -1.84. The molecule has 1 atom stereocenters. The van der Waals surface area contributed by atoms with E-state index in [1.165, 1.54) is 0 Å². The topological polar surface area (TPSA) is 57.6 Å². The van der Waals surface area contributed by atoms with Gasteiger partial charge >= 0.3 is 5.97 Å². The zero-order chi connectivity index (χ0) is 13.1. The highest BCUT2D eigenvalue weighted by atomic mass is 16.4. The Labute approximate surface area is 106 Å². The van der Waals surface area contributed by atoms with E-state index in [4.69, 9.17) is 5.11 Å². The van der Waals surface area contributed by atoms with Crippen molar-refractivity contribution >= 4 is 11.9 Å². The molecule has 0 spiro atoms. The van der Waals surface area contributed by atoms with Crippen LogP contribution in [0.5, 0.6) is 0 Å². The first-order chi connectivity index (χ1) is 8.59. The fourth-order valence-corrected chi connectivity index (χ4v) is 2.53. The molecule has 0 aromatic heterocycles. The molecule has 0 saturated carbocycles. The van der Waals surface area contributed by atoms with E-state index in [0.717, 1.165) is 31.4 Å². The van der Waals surface area contributed by atoms with Crippen molar-refractivity contribution in [2.24, 2.45) is 0 Å². The van der Waals surface area contributed by atoms with Gasteiger partial charge in [0, 0.05) is 13.5 Å². The Balaban J connectivity index is 2.30. The number of rotatable bonds is 2. The molecule has 0 radical (unpaired) electrons. The molecule has 18 heavy (non-hydrogen) atoms. The van der Waals surface area contributed by atoms with Crippen molar-refractivity contribution in [3.8, 4) is 0 Å². The van der Waals surface area contributed by atoms with Crippen LogP contribution in [0.1, 0.15) is 48.1 Å². The fourth-order valence-electron chi connectivity index (χ4n) is 2.53. The first-order valence-electron chi connectivity index (χ1n) is 6.20. The summed E-state index contributed by atoms with van der Waals surface area (Å²) in [6.07, 6.45) is 3.00. The van der Waals surface area contributed by atoms with Crippen molar-refractivity contribution in [3.63, 3.8) is 0 Å². The lowest BCUT2D eigenvalue weighted by atomic mass is 9.94. The average molecular weight is 247 g/mol. The lowest BCUT2D eigenvalue weighted by Crippen LogP contribution is -2.36. The molecule has 0 aliphatic carbocycles. The maximum atomic E-state index is 11.6. The second-order valence-electron chi connectivity index (χ2n) is 4.65. The van der Waals surface area contributed by atoms with Crippen molar-refractivity contribution in [1.29, 1.82) is 0 Å². The summed E-state index contributed by atoms with van der Waals surface area (Å²) in [5.74, 6) is -0.873. The lowest BCUT2D eigenvalue weighted by molar-refractivity contribution is -0.132. The third-order valence-electron chi connectivity index (χ3n) is 3.43. The summed E-state index contributed by atoms with van der Waals surface area (Å²) in [7, 11) is 0. The van der Waals surface area contributed by atoms with Crippen LogP contribution in [0.4, 0.5) is 0 Å². The number of carboxylic acids is 1. The number of piperidine rings is 1. The van der Waals surface area contributed by atoms with Crippen LogP contribution < -0.4 is 0 Å². The third-order valence-corrected chi connectivity index (χ3v) is 3.43. The molecule has 1 unspecified atom stereocenters. The van der Waals surface area contributed by atoms with Gasteiger partial charge in [0.25, 0.3) is 0 Å². The first kappa shape index (κ1) is 12.6. The van der Waals surface area contributed by atoms with E-state index in [0.29, 0.717) is 0 Å². The summed E-state index contributed by atoms with van der Waals surface area (Å²) in [6.45, 7) is 2.33. The molecular formula is C14H17NO3. The predicted molar refractivity (Wildman–Crippen MR) is 67.4 cm³/mol. The van der Waals surface area contributed by atoms with Gasteiger partial charge in [0.05, 0.1) is 11.6 Å². The number of carbonyl (C=O) groups is 2. The van der Waals surface area contributed by atoms with E-state index in [9.17, 15) is 9.59 Å². The average Bonchev–Trinajstić information content (AvgIpc) is 2.39. The molecule has 4 heteroatoms. The molecule has 1 N–H and O–H groups in total. The minimum atomic E-state index is -0.929. The highest BCUT2D eigenvalue weighted by Gasteiger charge is 2.26. The Morgan fingerprint density at radius 3 is 2.78 bits per heavy atom. The smallest absolute Gasteiger partial charge is 0.335 e. The molecule has 1 heterocycles. The van der Waals surface area contributed by atoms with E-state index < -0.39 is 5.97 Å². The van der Waals surface area contributed by atoms with Gasteiger partial charge in [-0.25, -0.2) is 4.79 Å². The number of aromatic carboxylic acids is 1. The molecule has 2 rings (SSSR count). The normalized spacial score (nSPS) is 19.6. The van der Waals surface area contributed by atoms with E-state index >= 15 is 0 Å². The van der Waals surface area contributed by atoms with Gasteiger partial charge in [0.2, 0.25) is 5.91 Å². The van der Waals surface area contributed by atoms with E-state index in [-0.39, 0.29) is 17.5 Å². The van der Waals surface area contributed by atoms with Crippen LogP contribution in [0.25, 0.3) is 0 Å². The van der Waals surface area contributed by atoms with E-state index in [1.807, 2.05) is 11.0 Å². The Morgan fingerprint density at radius 1 is 1.33 bits per heavy atom. The number of nitrogens with zero attached hydrogens (tertiary/aromatic N) is 1. The van der Waals surface area contributed by atoms with Crippen molar-refractivity contribution in [1.82, 2.24) is 4.90 Å². The summed E-state index contributed by atoms with van der Waals surface area (Å²) in [5, 5.41) is 9.00. The van der Waals surface area contributed by atoms with Crippen LogP contribution >= 0.6 is 0 Å². The van der Waals surface area contributed by atoms with Gasteiger partial charge in [0.15, 0.2) is 0 Å². The fraction of sp³-hybridized carbons (Fsp3) is 0.429. The van der Waals surface area contributed by atoms with E-state index in [2.05, 4.69) is 0 Å². The van der Waals surface area contributed by atoms with Gasteiger partial charge in [-0.15, -0.1) is 0 Å². The number of carboxylic acid groups (broad SMARTS) is 1. The molecule has 1 saturated heterocycles. The van der Waals surface area contributed by atoms with Crippen molar-refractivity contribution < 1.29 is 14.7 Å². The molecule has 0 bridgehead atoms. The number of amides is 1. The molecule has 96 valence electrons. The summed E-state index contributed by atoms with van der Waals surface area (Å²) in [5.41, 5.74) is 1.20. The van der Waals surface area contributed by atoms with Gasteiger partial charge in [-0.05, 0) is 37.0 Å². The van der Waals surface area contributed by atoms with Crippen molar-refractivity contribution in [3.05, 3.63) is 35.4 Å². The van der Waals surface area contributed by atoms with Crippen molar-refractivity contribution in [2.75, 3.05) is 6.54 Å². The molecule has 1 fully saturated rings. The standard InChI is InChI=1S/C14H17NO3/c1-10(16)15-8-3-2-7-13(15)11-5-4-6-12(9-11)14(17)18/h4-6,9,13H,2-3,7-8H2,1H3,(H,17,18). The van der Waals surface area contributed by atoms with Crippen LogP contribution in [0.15, 0.2) is 24.3 Å². The molecule has 1 aliphatic rings. The number of likely N-dealkylation sites (tertiary alicyclic amines) is 1. The number of hydrogen-bond donors (Lipinski definition) is 1. The van der Waals surface area contributed by atoms with Gasteiger partial charge in [-0.2, -0.15) is 0 Å². The molecular weight excluding hydrogens is 230 g/mol. The maximum Gasteiger partial charge on any atom is 0.335 e. The summed E-state index contributed by atoms with van der Waals surface area (Å²) < 4.78 is 0. The number of carbonyl (C=O) groups excluding carboxylic acids is 1. The van der Waals surface area contributed by atoms with Crippen molar-refractivity contribution in [2.45, 2.75) is 32.2 Å². The molecule has 1 aromatic carbocycles. The highest BCUT2D eigenvalue weighted by molar-refractivity contribution is 5.87. The van der Waals surface area contributed by atoms with Crippen LogP contribution in [-0.4, -0.2) is 28.4 Å². The quantitative estimate of drug-likeness (QED) is 0.873. The van der Waals surface area contributed by atoms with Crippen LogP contribution in [0, 0.1) is 0 Å². The number of hydrogen-bond acceptors (Lipinski definition) is 2. The lowest BCUT2D eigenvalue weighted by Gasteiger charge is -2.35. The summed E-state index contributed by atoms with van der Waals surface area (Å²) in [4.78, 5) is 24.4. The van der Waals surface area contributed by atoms with Crippen LogP contribution in [0.3, 0.4) is 0 Å². The summed E-state index contributed by atoms with van der Waals surface area (Å²) >= 11 is 0. The SMILES string of the molecule is CC(=O)N1CCCCC1c1cccc(C(=O)O)c1. The zero-order valence-electron chi connectivity index (χ0n) is 10.4. The maximum absolute atomic E-state index is 11.6. The third kappa shape index (κ3) is 2.53. The van der Waals surface area contributed by atoms with Gasteiger partial charge in [0.1, 0.15) is 0 Å². The molecule has 1 aromatic rings. The monoisotopic (exact) mass is 247 g/mol. The zero-order valence-corrected chi connectivity index (χ0v) is 10.4. The minimum Gasteiger partial charge on any atom is -0.478 e. The van der Waals surface area contributed by atoms with E-state index in [1.54, 1.807) is 25.1 Å². The van der Waals surface area contributed by atoms with Crippen LogP contribution in [-0.2, 0) is 4.79 Å². The Bertz CT molecular complexity index is 470. The van der Waals surface area contributed by atoms with Gasteiger partial charge in [-0.1, -0.05) is 12.1 Å². The molecule has 4 nitrogen and oxygen atoms in total. The summed E-state index contributed by atoms with van der Waals surface area (Å²) in [6, 6.07) is 6.92. The molecule has 1 aliphatic heterocycles. The number of benzene rings is 1. The predicted octanol–water partition coefficient (Wildman–Crippen LogP) is 2.46. The minimum absolute atomic E-state index is 0.0237. The molecule has 1 amide bonds. The Kier molecular flexibility index (Phi) is 3.65. The van der Waals surface area contributed by atoms with Gasteiger partial charge < -0.3 is 10.0 Å². The van der Waals surface area contributed by atoms with Gasteiger partial charge in [-0.3, -0.25) is 4.79 Å². The highest BCUT2D eigenvalue weighted by Crippen LogP contribution is 2.31. The largest absolute Gasteiger partial charge is 0.478 e. The Morgan fingerprint density at radius 2 is 2.11 bits per heavy atom.